The van der Waals surface area contributed by atoms with E-state index in [-0.39, 0.29) is 22.8 Å². The van der Waals surface area contributed by atoms with Crippen LogP contribution in [-0.4, -0.2) is 23.4 Å². The monoisotopic (exact) mass is 270 g/mol. The summed E-state index contributed by atoms with van der Waals surface area (Å²) in [5.74, 6) is 0.0454. The molecular formula is C15H30N2O2. The zero-order chi connectivity index (χ0) is 15.6. The maximum absolute atomic E-state index is 12.5. The second-order valence-electron chi connectivity index (χ2n) is 8.26. The van der Waals surface area contributed by atoms with Crippen molar-refractivity contribution in [3.63, 3.8) is 0 Å². The molecule has 0 aliphatic heterocycles. The molecular weight excluding hydrogens is 240 g/mol. The van der Waals surface area contributed by atoms with Crippen LogP contribution in [0, 0.1) is 10.8 Å². The lowest BCUT2D eigenvalue weighted by molar-refractivity contribution is -0.130. The van der Waals surface area contributed by atoms with Gasteiger partial charge in [-0.15, -0.1) is 0 Å². The molecule has 0 aromatic heterocycles. The lowest BCUT2D eigenvalue weighted by Gasteiger charge is -2.35. The van der Waals surface area contributed by atoms with Crippen LogP contribution in [0.2, 0.25) is 0 Å². The fraction of sp³-hybridized carbons (Fsp3) is 0.867. The standard InChI is InChI=1S/C15H30N2O2/c1-13(2,3)10(11(18)14(4,5)6)16-12(19)17-15(7,8)9/h10H,1-9H3,(H2,16,17,19). The number of ketones is 1. The fourth-order valence-corrected chi connectivity index (χ4v) is 1.62. The molecule has 2 N–H and O–H groups in total. The number of nitrogens with one attached hydrogen (secondary N) is 2. The molecule has 0 bridgehead atoms. The molecule has 19 heavy (non-hydrogen) atoms. The van der Waals surface area contributed by atoms with E-state index in [1.807, 2.05) is 62.3 Å². The SMILES string of the molecule is CC(C)(C)NC(=O)NC(C(=O)C(C)(C)C)C(C)(C)C. The van der Waals surface area contributed by atoms with Gasteiger partial charge in [0.1, 0.15) is 0 Å². The first-order chi connectivity index (χ1) is 8.14. The Morgan fingerprint density at radius 3 is 1.53 bits per heavy atom. The van der Waals surface area contributed by atoms with Crippen molar-refractivity contribution in [1.82, 2.24) is 10.6 Å². The van der Waals surface area contributed by atoms with Crippen LogP contribution in [0.4, 0.5) is 4.79 Å². The minimum atomic E-state index is -0.505. The van der Waals surface area contributed by atoms with Crippen LogP contribution in [0.25, 0.3) is 0 Å². The topological polar surface area (TPSA) is 58.2 Å². The van der Waals surface area contributed by atoms with Crippen LogP contribution in [0.15, 0.2) is 0 Å². The summed E-state index contributed by atoms with van der Waals surface area (Å²) in [6.07, 6.45) is 0. The Hall–Kier alpha value is -1.06. The van der Waals surface area contributed by atoms with Crippen molar-refractivity contribution in [3.8, 4) is 0 Å². The van der Waals surface area contributed by atoms with Gasteiger partial charge in [0.25, 0.3) is 0 Å². The lowest BCUT2D eigenvalue weighted by atomic mass is 9.76. The zero-order valence-electron chi connectivity index (χ0n) is 13.9. The third-order valence-corrected chi connectivity index (χ3v) is 2.63. The minimum absolute atomic E-state index is 0.0454. The van der Waals surface area contributed by atoms with E-state index < -0.39 is 11.5 Å². The normalized spacial score (nSPS) is 14.8. The first kappa shape index (κ1) is 17.9. The highest BCUT2D eigenvalue weighted by Crippen LogP contribution is 2.27. The predicted molar refractivity (Wildman–Crippen MR) is 79.1 cm³/mol. The van der Waals surface area contributed by atoms with E-state index in [0.717, 1.165) is 0 Å². The highest BCUT2D eigenvalue weighted by atomic mass is 16.2. The first-order valence-corrected chi connectivity index (χ1v) is 6.77. The Morgan fingerprint density at radius 2 is 1.26 bits per heavy atom. The van der Waals surface area contributed by atoms with Crippen molar-refractivity contribution in [3.05, 3.63) is 0 Å². The van der Waals surface area contributed by atoms with Crippen LogP contribution in [0.3, 0.4) is 0 Å². The van der Waals surface area contributed by atoms with Crippen molar-refractivity contribution in [2.45, 2.75) is 73.9 Å². The van der Waals surface area contributed by atoms with Gasteiger partial charge < -0.3 is 10.6 Å². The molecule has 0 rings (SSSR count). The van der Waals surface area contributed by atoms with Crippen molar-refractivity contribution < 1.29 is 9.59 Å². The third kappa shape index (κ3) is 6.60. The second-order valence-corrected chi connectivity index (χ2v) is 8.26. The van der Waals surface area contributed by atoms with Gasteiger partial charge in [0.2, 0.25) is 0 Å². The second kappa shape index (κ2) is 5.51. The van der Waals surface area contributed by atoms with Crippen LogP contribution < -0.4 is 10.6 Å². The van der Waals surface area contributed by atoms with Gasteiger partial charge in [0, 0.05) is 11.0 Å². The van der Waals surface area contributed by atoms with Gasteiger partial charge in [-0.2, -0.15) is 0 Å². The molecule has 112 valence electrons. The van der Waals surface area contributed by atoms with E-state index in [4.69, 9.17) is 0 Å². The number of urea groups is 1. The number of carbonyl (C=O) groups excluding carboxylic acids is 2. The molecule has 0 saturated carbocycles. The molecule has 2 amide bonds. The highest BCUT2D eigenvalue weighted by Gasteiger charge is 2.38. The fourth-order valence-electron chi connectivity index (χ4n) is 1.62. The number of hydrogen-bond donors (Lipinski definition) is 2. The van der Waals surface area contributed by atoms with Crippen molar-refractivity contribution in [1.29, 1.82) is 0 Å². The smallest absolute Gasteiger partial charge is 0.315 e. The van der Waals surface area contributed by atoms with Gasteiger partial charge in [-0.3, -0.25) is 4.79 Å². The maximum atomic E-state index is 12.5. The van der Waals surface area contributed by atoms with Gasteiger partial charge >= 0.3 is 6.03 Å². The molecule has 0 fully saturated rings. The van der Waals surface area contributed by atoms with Gasteiger partial charge in [-0.05, 0) is 26.2 Å². The summed E-state index contributed by atoms with van der Waals surface area (Å²) in [5.41, 5.74) is -1.12. The molecule has 0 radical (unpaired) electrons. The van der Waals surface area contributed by atoms with Crippen LogP contribution in [0.5, 0.6) is 0 Å². The average Bonchev–Trinajstić information content (AvgIpc) is 2.06. The van der Waals surface area contributed by atoms with Crippen LogP contribution in [-0.2, 0) is 4.79 Å². The summed E-state index contributed by atoms with van der Waals surface area (Å²) in [4.78, 5) is 24.4. The van der Waals surface area contributed by atoms with Gasteiger partial charge in [-0.1, -0.05) is 41.5 Å². The molecule has 4 heteroatoms. The molecule has 1 unspecified atom stereocenters. The molecule has 4 nitrogen and oxygen atoms in total. The lowest BCUT2D eigenvalue weighted by Crippen LogP contribution is -2.57. The Morgan fingerprint density at radius 1 is 0.842 bits per heavy atom. The van der Waals surface area contributed by atoms with Crippen molar-refractivity contribution in [2.24, 2.45) is 10.8 Å². The quantitative estimate of drug-likeness (QED) is 0.810. The Balaban J connectivity index is 5.02. The maximum Gasteiger partial charge on any atom is 0.315 e. The summed E-state index contributed by atoms with van der Waals surface area (Å²) in [5, 5.41) is 5.65. The molecule has 0 aromatic rings. The van der Waals surface area contributed by atoms with Crippen molar-refractivity contribution >= 4 is 11.8 Å². The highest BCUT2D eigenvalue weighted by molar-refractivity contribution is 5.92. The van der Waals surface area contributed by atoms with E-state index >= 15 is 0 Å². The zero-order valence-corrected chi connectivity index (χ0v) is 13.9. The van der Waals surface area contributed by atoms with E-state index in [0.29, 0.717) is 0 Å². The van der Waals surface area contributed by atoms with Gasteiger partial charge in [-0.25, -0.2) is 4.79 Å². The van der Waals surface area contributed by atoms with Crippen LogP contribution >= 0.6 is 0 Å². The first-order valence-electron chi connectivity index (χ1n) is 6.77. The largest absolute Gasteiger partial charge is 0.334 e. The predicted octanol–water partition coefficient (Wildman–Crippen LogP) is 3.11. The minimum Gasteiger partial charge on any atom is -0.334 e. The summed E-state index contributed by atoms with van der Waals surface area (Å²) in [6.45, 7) is 17.2. The van der Waals surface area contributed by atoms with E-state index in [1.54, 1.807) is 0 Å². The Labute approximate surface area is 117 Å². The van der Waals surface area contributed by atoms with Gasteiger partial charge in [0.15, 0.2) is 5.78 Å². The summed E-state index contributed by atoms with van der Waals surface area (Å²) in [7, 11) is 0. The number of rotatable bonds is 2. The molecule has 0 aromatic carbocycles. The molecule has 0 heterocycles. The summed E-state index contributed by atoms with van der Waals surface area (Å²) < 4.78 is 0. The number of hydrogen-bond acceptors (Lipinski definition) is 2. The Bertz CT molecular complexity index is 341. The number of carbonyl (C=O) groups is 2. The van der Waals surface area contributed by atoms with E-state index in [1.165, 1.54) is 0 Å². The number of Topliss-reactive ketones (excluding diaryl/α,β-unsaturated/α-hetero) is 1. The number of amides is 2. The summed E-state index contributed by atoms with van der Waals surface area (Å²) >= 11 is 0. The van der Waals surface area contributed by atoms with Gasteiger partial charge in [0.05, 0.1) is 6.04 Å². The third-order valence-electron chi connectivity index (χ3n) is 2.63. The van der Waals surface area contributed by atoms with Crippen LogP contribution in [0.1, 0.15) is 62.3 Å². The molecule has 0 spiro atoms. The molecule has 1 atom stereocenters. The van der Waals surface area contributed by atoms with E-state index in [2.05, 4.69) is 10.6 Å². The van der Waals surface area contributed by atoms with E-state index in [9.17, 15) is 9.59 Å². The molecule has 0 aliphatic carbocycles. The average molecular weight is 270 g/mol. The van der Waals surface area contributed by atoms with Crippen molar-refractivity contribution in [2.75, 3.05) is 0 Å². The summed E-state index contributed by atoms with van der Waals surface area (Å²) in [6, 6.07) is -0.806. The molecule has 0 saturated heterocycles. The Kier molecular flexibility index (Phi) is 5.21. The molecule has 0 aliphatic rings.